The van der Waals surface area contributed by atoms with Gasteiger partial charge in [-0.25, -0.2) is 0 Å². The van der Waals surface area contributed by atoms with Gasteiger partial charge in [0.05, 0.1) is 19.4 Å². The number of hydrogen-bond acceptors (Lipinski definition) is 3. The Morgan fingerprint density at radius 1 is 1.54 bits per heavy atom. The third-order valence-corrected chi connectivity index (χ3v) is 1.38. The van der Waals surface area contributed by atoms with Crippen molar-refractivity contribution in [1.82, 2.24) is 0 Å². The van der Waals surface area contributed by atoms with Crippen LogP contribution in [0.25, 0.3) is 0 Å². The van der Waals surface area contributed by atoms with Crippen LogP contribution in [0.4, 0.5) is 0 Å². The molecule has 0 aromatic rings. The van der Waals surface area contributed by atoms with Crippen LogP contribution in [0.1, 0.15) is 19.8 Å². The summed E-state index contributed by atoms with van der Waals surface area (Å²) in [6, 6.07) is 0. The molecule has 0 radical (unpaired) electrons. The second kappa shape index (κ2) is 6.06. The number of carboxylic acids is 1. The lowest BCUT2D eigenvalue weighted by Gasteiger charge is -2.06. The molecule has 1 atom stereocenters. The van der Waals surface area contributed by atoms with Crippen molar-refractivity contribution < 1.29 is 19.4 Å². The number of carbonyl (C=O) groups excluding carboxylic acids is 1. The Morgan fingerprint density at radius 2 is 2.15 bits per heavy atom. The number of rotatable bonds is 5. The summed E-state index contributed by atoms with van der Waals surface area (Å²) in [5, 5.41) is 8.41. The van der Waals surface area contributed by atoms with E-state index in [1.54, 1.807) is 6.92 Å². The van der Waals surface area contributed by atoms with Crippen molar-refractivity contribution in [2.75, 3.05) is 6.61 Å². The molecular formula is C9H12O4. The minimum absolute atomic E-state index is 0.0311. The van der Waals surface area contributed by atoms with Crippen molar-refractivity contribution in [2.45, 2.75) is 19.8 Å². The fourth-order valence-corrected chi connectivity index (χ4v) is 0.822. The van der Waals surface area contributed by atoms with E-state index in [9.17, 15) is 9.59 Å². The maximum atomic E-state index is 10.9. The summed E-state index contributed by atoms with van der Waals surface area (Å²) in [6.45, 7) is 1.96. The van der Waals surface area contributed by atoms with E-state index in [0.717, 1.165) is 0 Å². The van der Waals surface area contributed by atoms with Crippen LogP contribution in [0.3, 0.4) is 0 Å². The Bertz CT molecular complexity index is 226. The van der Waals surface area contributed by atoms with Crippen molar-refractivity contribution in [1.29, 1.82) is 0 Å². The van der Waals surface area contributed by atoms with Crippen molar-refractivity contribution in [3.63, 3.8) is 0 Å². The number of hydrogen-bond donors (Lipinski definition) is 1. The van der Waals surface area contributed by atoms with Gasteiger partial charge in [-0.3, -0.25) is 9.59 Å². The Labute approximate surface area is 76.9 Å². The number of carbonyl (C=O) groups is 2. The van der Waals surface area contributed by atoms with Gasteiger partial charge in [-0.05, 0) is 6.92 Å². The third-order valence-electron chi connectivity index (χ3n) is 1.38. The van der Waals surface area contributed by atoms with Crippen molar-refractivity contribution in [2.24, 2.45) is 5.92 Å². The maximum absolute atomic E-state index is 10.9. The van der Waals surface area contributed by atoms with Gasteiger partial charge in [-0.1, -0.05) is 0 Å². The largest absolute Gasteiger partial charge is 0.481 e. The number of terminal acetylenes is 1. The third kappa shape index (κ3) is 5.74. The average molecular weight is 184 g/mol. The molecule has 4 nitrogen and oxygen atoms in total. The van der Waals surface area contributed by atoms with Crippen LogP contribution in [-0.4, -0.2) is 23.7 Å². The lowest BCUT2D eigenvalue weighted by molar-refractivity contribution is -0.144. The average Bonchev–Trinajstić information content (AvgIpc) is 2.02. The van der Waals surface area contributed by atoms with Crippen LogP contribution >= 0.6 is 0 Å². The van der Waals surface area contributed by atoms with Crippen molar-refractivity contribution in [3.8, 4) is 12.3 Å². The zero-order valence-electron chi connectivity index (χ0n) is 7.45. The molecule has 1 unspecified atom stereocenters. The van der Waals surface area contributed by atoms with Crippen LogP contribution in [0.15, 0.2) is 0 Å². The Morgan fingerprint density at radius 3 is 2.54 bits per heavy atom. The Hall–Kier alpha value is -1.50. The Kier molecular flexibility index (Phi) is 5.37. The second-order valence-electron chi connectivity index (χ2n) is 2.47. The fourth-order valence-electron chi connectivity index (χ4n) is 0.822. The lowest BCUT2D eigenvalue weighted by Crippen LogP contribution is -2.13. The molecule has 72 valence electrons. The summed E-state index contributed by atoms with van der Waals surface area (Å²) in [5.41, 5.74) is 0. The summed E-state index contributed by atoms with van der Waals surface area (Å²) in [7, 11) is 0. The molecule has 0 aromatic carbocycles. The highest BCUT2D eigenvalue weighted by atomic mass is 16.5. The van der Waals surface area contributed by atoms with Gasteiger partial charge in [-0.2, -0.15) is 0 Å². The summed E-state index contributed by atoms with van der Waals surface area (Å²) in [6.07, 6.45) is 4.81. The predicted octanol–water partition coefficient (Wildman–Crippen LogP) is 0.664. The van der Waals surface area contributed by atoms with E-state index in [1.807, 2.05) is 0 Å². The molecule has 0 spiro atoms. The molecule has 0 heterocycles. The van der Waals surface area contributed by atoms with Gasteiger partial charge in [0.15, 0.2) is 0 Å². The first-order valence-corrected chi connectivity index (χ1v) is 3.93. The number of esters is 1. The van der Waals surface area contributed by atoms with Crippen LogP contribution in [-0.2, 0) is 14.3 Å². The van der Waals surface area contributed by atoms with E-state index < -0.39 is 17.9 Å². The van der Waals surface area contributed by atoms with E-state index in [2.05, 4.69) is 10.7 Å². The summed E-state index contributed by atoms with van der Waals surface area (Å²) >= 11 is 0. The molecule has 13 heavy (non-hydrogen) atoms. The predicted molar refractivity (Wildman–Crippen MR) is 45.8 cm³/mol. The molecule has 0 bridgehead atoms. The van der Waals surface area contributed by atoms with Gasteiger partial charge in [0.1, 0.15) is 0 Å². The molecule has 0 aliphatic rings. The summed E-state index contributed by atoms with van der Waals surface area (Å²) in [5.74, 6) is 0.209. The molecular weight excluding hydrogens is 172 g/mol. The molecule has 4 heteroatoms. The maximum Gasteiger partial charge on any atom is 0.307 e. The number of carboxylic acid groups (broad SMARTS) is 1. The van der Waals surface area contributed by atoms with Crippen molar-refractivity contribution in [3.05, 3.63) is 0 Å². The van der Waals surface area contributed by atoms with Gasteiger partial charge in [0.2, 0.25) is 0 Å². The number of ether oxygens (including phenoxy) is 1. The monoisotopic (exact) mass is 184 g/mol. The molecule has 0 amide bonds. The fraction of sp³-hybridized carbons (Fsp3) is 0.556. The van der Waals surface area contributed by atoms with Gasteiger partial charge >= 0.3 is 11.9 Å². The van der Waals surface area contributed by atoms with Gasteiger partial charge in [0.25, 0.3) is 0 Å². The van der Waals surface area contributed by atoms with E-state index >= 15 is 0 Å². The lowest BCUT2D eigenvalue weighted by atomic mass is 10.0. The molecule has 0 aliphatic heterocycles. The summed E-state index contributed by atoms with van der Waals surface area (Å²) < 4.78 is 4.63. The molecule has 0 rings (SSSR count). The van der Waals surface area contributed by atoms with Gasteiger partial charge in [0, 0.05) is 5.92 Å². The first kappa shape index (κ1) is 11.5. The second-order valence-corrected chi connectivity index (χ2v) is 2.47. The molecule has 0 aromatic heterocycles. The summed E-state index contributed by atoms with van der Waals surface area (Å²) in [4.78, 5) is 21.1. The minimum Gasteiger partial charge on any atom is -0.481 e. The molecule has 0 saturated heterocycles. The van der Waals surface area contributed by atoms with E-state index in [4.69, 9.17) is 11.5 Å². The molecule has 0 fully saturated rings. The zero-order valence-corrected chi connectivity index (χ0v) is 7.45. The molecule has 0 aliphatic carbocycles. The normalized spacial score (nSPS) is 11.4. The highest BCUT2D eigenvalue weighted by molar-refractivity contribution is 5.72. The first-order valence-electron chi connectivity index (χ1n) is 3.93. The topological polar surface area (TPSA) is 63.6 Å². The smallest absolute Gasteiger partial charge is 0.307 e. The SMILES string of the molecule is C#CC(CC(=O)O)CC(=O)OCC. The number of aliphatic carboxylic acids is 1. The Balaban J connectivity index is 3.92. The van der Waals surface area contributed by atoms with Crippen molar-refractivity contribution >= 4 is 11.9 Å². The molecule has 0 saturated carbocycles. The highest BCUT2D eigenvalue weighted by Gasteiger charge is 2.15. The van der Waals surface area contributed by atoms with E-state index in [1.165, 1.54) is 0 Å². The van der Waals surface area contributed by atoms with Gasteiger partial charge < -0.3 is 9.84 Å². The highest BCUT2D eigenvalue weighted by Crippen LogP contribution is 2.08. The van der Waals surface area contributed by atoms with E-state index in [0.29, 0.717) is 0 Å². The minimum atomic E-state index is -1.01. The van der Waals surface area contributed by atoms with Crippen LogP contribution < -0.4 is 0 Å². The quantitative estimate of drug-likeness (QED) is 0.503. The first-order chi connectivity index (χ1) is 6.10. The van der Waals surface area contributed by atoms with Crippen LogP contribution in [0.2, 0.25) is 0 Å². The standard InChI is InChI=1S/C9H12O4/c1-3-7(5-8(10)11)6-9(12)13-4-2/h1,7H,4-6H2,2H3,(H,10,11). The van der Waals surface area contributed by atoms with Crippen LogP contribution in [0, 0.1) is 18.3 Å². The molecule has 1 N–H and O–H groups in total. The zero-order chi connectivity index (χ0) is 10.3. The van der Waals surface area contributed by atoms with Gasteiger partial charge in [-0.15, -0.1) is 12.3 Å². The van der Waals surface area contributed by atoms with Crippen LogP contribution in [0.5, 0.6) is 0 Å². The van der Waals surface area contributed by atoms with E-state index in [-0.39, 0.29) is 19.4 Å².